The Labute approximate surface area is 104 Å². The molecule has 0 unspecified atom stereocenters. The van der Waals surface area contributed by atoms with E-state index in [-0.39, 0.29) is 5.78 Å². The van der Waals surface area contributed by atoms with Gasteiger partial charge in [-0.15, -0.1) is 11.3 Å². The Kier molecular flexibility index (Phi) is 3.54. The number of benzene rings is 1. The Morgan fingerprint density at radius 2 is 2.29 bits per heavy atom. The molecule has 0 amide bonds. The molecule has 0 aliphatic carbocycles. The fourth-order valence-electron chi connectivity index (χ4n) is 1.46. The minimum atomic E-state index is 0.0507. The van der Waals surface area contributed by atoms with Gasteiger partial charge in [-0.2, -0.15) is 0 Å². The molecule has 88 valence electrons. The van der Waals surface area contributed by atoms with Gasteiger partial charge in [0.25, 0.3) is 0 Å². The maximum atomic E-state index is 11.2. The first kappa shape index (κ1) is 11.8. The largest absolute Gasteiger partial charge is 0.494 e. The van der Waals surface area contributed by atoms with Gasteiger partial charge in [-0.25, -0.2) is 4.98 Å². The zero-order valence-electron chi connectivity index (χ0n) is 9.77. The normalized spacial score (nSPS) is 10.2. The maximum Gasteiger partial charge on any atom is 0.171 e. The van der Waals surface area contributed by atoms with E-state index < -0.39 is 0 Å². The highest BCUT2D eigenvalue weighted by Crippen LogP contribution is 2.28. The molecule has 4 heteroatoms. The molecular formula is C13H13NO2S. The summed E-state index contributed by atoms with van der Waals surface area (Å²) in [6.07, 6.45) is 1.62. The molecule has 1 aromatic carbocycles. The van der Waals surface area contributed by atoms with Crippen LogP contribution >= 0.6 is 11.3 Å². The lowest BCUT2D eigenvalue weighted by atomic mass is 10.2. The number of nitrogens with zero attached hydrogens (tertiary/aromatic N) is 1. The molecule has 2 aromatic rings. The molecule has 0 saturated carbocycles. The number of carbonyl (C=O) groups excluding carboxylic acids is 1. The maximum absolute atomic E-state index is 11.2. The van der Waals surface area contributed by atoms with Gasteiger partial charge in [0.2, 0.25) is 0 Å². The summed E-state index contributed by atoms with van der Waals surface area (Å²) < 4.78 is 5.43. The number of ether oxygens (including phenoxy) is 1. The van der Waals surface area contributed by atoms with E-state index in [0.29, 0.717) is 11.5 Å². The van der Waals surface area contributed by atoms with Crippen molar-refractivity contribution in [2.45, 2.75) is 13.8 Å². The lowest BCUT2D eigenvalue weighted by molar-refractivity contribution is 0.102. The minimum Gasteiger partial charge on any atom is -0.494 e. The number of rotatable bonds is 4. The van der Waals surface area contributed by atoms with Crippen LogP contribution in [0.15, 0.2) is 30.5 Å². The second kappa shape index (κ2) is 5.10. The van der Waals surface area contributed by atoms with Crippen LogP contribution < -0.4 is 4.74 Å². The topological polar surface area (TPSA) is 39.2 Å². The van der Waals surface area contributed by atoms with E-state index in [0.717, 1.165) is 16.3 Å². The van der Waals surface area contributed by atoms with E-state index in [1.54, 1.807) is 13.1 Å². The smallest absolute Gasteiger partial charge is 0.171 e. The van der Waals surface area contributed by atoms with Gasteiger partial charge in [0.05, 0.1) is 11.5 Å². The van der Waals surface area contributed by atoms with Crippen molar-refractivity contribution >= 4 is 17.1 Å². The Balaban J connectivity index is 2.31. The third kappa shape index (κ3) is 2.71. The number of carbonyl (C=O) groups is 1. The van der Waals surface area contributed by atoms with Gasteiger partial charge in [0.1, 0.15) is 10.8 Å². The van der Waals surface area contributed by atoms with Crippen LogP contribution in [-0.4, -0.2) is 17.4 Å². The first-order valence-electron chi connectivity index (χ1n) is 5.40. The van der Waals surface area contributed by atoms with E-state index in [1.807, 2.05) is 31.2 Å². The van der Waals surface area contributed by atoms with Crippen LogP contribution in [0.25, 0.3) is 10.6 Å². The number of Topliss-reactive ketones (excluding diaryl/α,β-unsaturated/α-hetero) is 1. The molecule has 0 fully saturated rings. The van der Waals surface area contributed by atoms with E-state index in [1.165, 1.54) is 11.3 Å². The lowest BCUT2D eigenvalue weighted by Gasteiger charge is -2.03. The molecule has 1 aromatic heterocycles. The van der Waals surface area contributed by atoms with Gasteiger partial charge in [0, 0.05) is 18.7 Å². The van der Waals surface area contributed by atoms with Crippen molar-refractivity contribution in [3.63, 3.8) is 0 Å². The summed E-state index contributed by atoms with van der Waals surface area (Å²) in [5, 5.41) is 0.844. The molecule has 17 heavy (non-hydrogen) atoms. The van der Waals surface area contributed by atoms with E-state index in [9.17, 15) is 4.79 Å². The fraction of sp³-hybridized carbons (Fsp3) is 0.231. The molecule has 0 aliphatic heterocycles. The Hall–Kier alpha value is -1.68. The monoisotopic (exact) mass is 247 g/mol. The lowest BCUT2D eigenvalue weighted by Crippen LogP contribution is -1.90. The molecular weight excluding hydrogens is 234 g/mol. The zero-order valence-corrected chi connectivity index (χ0v) is 10.6. The van der Waals surface area contributed by atoms with Crippen molar-refractivity contribution in [3.05, 3.63) is 35.3 Å². The van der Waals surface area contributed by atoms with Crippen LogP contribution in [0, 0.1) is 0 Å². The molecule has 0 atom stereocenters. The molecule has 3 nitrogen and oxygen atoms in total. The van der Waals surface area contributed by atoms with Crippen molar-refractivity contribution in [1.29, 1.82) is 0 Å². The van der Waals surface area contributed by atoms with Gasteiger partial charge in [-0.05, 0) is 19.1 Å². The number of hydrogen-bond donors (Lipinski definition) is 0. The number of thiazole rings is 1. The average molecular weight is 247 g/mol. The fourth-order valence-corrected chi connectivity index (χ4v) is 2.26. The van der Waals surface area contributed by atoms with Crippen molar-refractivity contribution in [2.75, 3.05) is 6.61 Å². The molecule has 0 aliphatic rings. The van der Waals surface area contributed by atoms with Crippen LogP contribution in [0.4, 0.5) is 0 Å². The van der Waals surface area contributed by atoms with Crippen molar-refractivity contribution in [2.24, 2.45) is 0 Å². The number of ketones is 1. The zero-order chi connectivity index (χ0) is 12.3. The number of hydrogen-bond acceptors (Lipinski definition) is 4. The molecule has 1 heterocycles. The Morgan fingerprint density at radius 1 is 1.47 bits per heavy atom. The predicted octanol–water partition coefficient (Wildman–Crippen LogP) is 3.41. The van der Waals surface area contributed by atoms with Crippen molar-refractivity contribution in [1.82, 2.24) is 4.98 Å². The van der Waals surface area contributed by atoms with Crippen LogP contribution in [0.5, 0.6) is 5.75 Å². The second-order valence-electron chi connectivity index (χ2n) is 3.55. The van der Waals surface area contributed by atoms with Crippen LogP contribution in [0.3, 0.4) is 0 Å². The van der Waals surface area contributed by atoms with E-state index >= 15 is 0 Å². The highest BCUT2D eigenvalue weighted by Gasteiger charge is 2.08. The quantitative estimate of drug-likeness (QED) is 0.777. The minimum absolute atomic E-state index is 0.0507. The first-order valence-corrected chi connectivity index (χ1v) is 6.22. The van der Waals surface area contributed by atoms with E-state index in [4.69, 9.17) is 4.74 Å². The molecule has 0 radical (unpaired) electrons. The molecule has 0 spiro atoms. The Bertz CT molecular complexity index is 534. The van der Waals surface area contributed by atoms with Crippen LogP contribution in [0.1, 0.15) is 23.5 Å². The summed E-state index contributed by atoms with van der Waals surface area (Å²) >= 11 is 1.40. The van der Waals surface area contributed by atoms with Gasteiger partial charge < -0.3 is 4.74 Å². The van der Waals surface area contributed by atoms with Gasteiger partial charge in [0.15, 0.2) is 5.78 Å². The Morgan fingerprint density at radius 3 is 2.94 bits per heavy atom. The first-order chi connectivity index (χ1) is 8.20. The third-order valence-electron chi connectivity index (χ3n) is 2.24. The third-order valence-corrected chi connectivity index (χ3v) is 3.39. The van der Waals surface area contributed by atoms with Gasteiger partial charge in [-0.1, -0.05) is 12.1 Å². The average Bonchev–Trinajstić information content (AvgIpc) is 2.79. The summed E-state index contributed by atoms with van der Waals surface area (Å²) in [5.41, 5.74) is 0.980. The molecule has 0 saturated heterocycles. The standard InChI is InChI=1S/C13H13NO2S/c1-3-16-11-6-4-5-10(7-11)13-14-8-12(17-13)9(2)15/h4-8H,3H2,1-2H3. The van der Waals surface area contributed by atoms with Gasteiger partial charge >= 0.3 is 0 Å². The predicted molar refractivity (Wildman–Crippen MR) is 68.7 cm³/mol. The van der Waals surface area contributed by atoms with Crippen LogP contribution in [-0.2, 0) is 0 Å². The summed E-state index contributed by atoms with van der Waals surface area (Å²) in [5.74, 6) is 0.874. The summed E-state index contributed by atoms with van der Waals surface area (Å²) in [6, 6.07) is 7.74. The molecule has 2 rings (SSSR count). The molecule has 0 N–H and O–H groups in total. The summed E-state index contributed by atoms with van der Waals surface area (Å²) in [4.78, 5) is 16.1. The van der Waals surface area contributed by atoms with Gasteiger partial charge in [-0.3, -0.25) is 4.79 Å². The van der Waals surface area contributed by atoms with Crippen molar-refractivity contribution in [3.8, 4) is 16.3 Å². The second-order valence-corrected chi connectivity index (χ2v) is 4.58. The molecule has 0 bridgehead atoms. The van der Waals surface area contributed by atoms with Crippen LogP contribution in [0.2, 0.25) is 0 Å². The SMILES string of the molecule is CCOc1cccc(-c2ncc(C(C)=O)s2)c1. The highest BCUT2D eigenvalue weighted by molar-refractivity contribution is 7.16. The number of aromatic nitrogens is 1. The highest BCUT2D eigenvalue weighted by atomic mass is 32.1. The summed E-state index contributed by atoms with van der Waals surface area (Å²) in [7, 11) is 0. The van der Waals surface area contributed by atoms with Crippen molar-refractivity contribution < 1.29 is 9.53 Å². The van der Waals surface area contributed by atoms with E-state index in [2.05, 4.69) is 4.98 Å². The summed E-state index contributed by atoms with van der Waals surface area (Å²) in [6.45, 7) is 4.14.